The van der Waals surface area contributed by atoms with E-state index in [4.69, 9.17) is 9.15 Å². The number of carbonyl (C=O) groups is 1. The van der Waals surface area contributed by atoms with Crippen LogP contribution in [0.2, 0.25) is 0 Å². The number of likely N-dealkylation sites (tertiary alicyclic amines) is 1. The predicted octanol–water partition coefficient (Wildman–Crippen LogP) is 3.08. The van der Waals surface area contributed by atoms with Gasteiger partial charge in [-0.25, -0.2) is 15.0 Å². The van der Waals surface area contributed by atoms with Crippen LogP contribution in [0.3, 0.4) is 0 Å². The molecule has 1 atom stereocenters. The van der Waals surface area contributed by atoms with Crippen LogP contribution in [0.15, 0.2) is 53.5 Å². The first-order valence-corrected chi connectivity index (χ1v) is 9.36. The Morgan fingerprint density at radius 2 is 2.18 bits per heavy atom. The predicted molar refractivity (Wildman–Crippen MR) is 102 cm³/mol. The molecule has 144 valence electrons. The zero-order chi connectivity index (χ0) is 19.3. The lowest BCUT2D eigenvalue weighted by Gasteiger charge is -2.31. The zero-order valence-corrected chi connectivity index (χ0v) is 15.7. The quantitative estimate of drug-likeness (QED) is 0.679. The van der Waals surface area contributed by atoms with Crippen molar-refractivity contribution in [2.75, 3.05) is 20.2 Å². The number of oxazole rings is 1. The molecule has 7 nitrogen and oxygen atoms in total. The second-order valence-corrected chi connectivity index (χ2v) is 6.84. The number of aromatic nitrogens is 3. The number of nitrogens with zero attached hydrogens (tertiary/aromatic N) is 4. The highest BCUT2D eigenvalue weighted by molar-refractivity contribution is 5.92. The molecule has 1 amide bonds. The van der Waals surface area contributed by atoms with E-state index in [1.807, 2.05) is 29.2 Å². The Bertz CT molecular complexity index is 942. The number of amides is 1. The van der Waals surface area contributed by atoms with Crippen LogP contribution in [-0.2, 0) is 6.42 Å². The largest absolute Gasteiger partial charge is 0.496 e. The number of hydrogen-bond donors (Lipinski definition) is 0. The average Bonchev–Trinajstić information content (AvgIpc) is 3.23. The normalized spacial score (nSPS) is 16.8. The number of ether oxygens (including phenoxy) is 1. The van der Waals surface area contributed by atoms with E-state index >= 15 is 0 Å². The maximum Gasteiger partial charge on any atom is 0.272 e. The number of methoxy groups -OCH3 is 1. The van der Waals surface area contributed by atoms with Crippen molar-refractivity contribution in [3.63, 3.8) is 0 Å². The summed E-state index contributed by atoms with van der Waals surface area (Å²) >= 11 is 0. The van der Waals surface area contributed by atoms with E-state index in [-0.39, 0.29) is 11.8 Å². The SMILES string of the molecule is COc1ccccc1Cc1cnc(C2CCCN(C(=O)c3ccncn3)C2)o1. The molecule has 0 radical (unpaired) electrons. The second-order valence-electron chi connectivity index (χ2n) is 6.84. The van der Waals surface area contributed by atoms with Gasteiger partial charge in [-0.05, 0) is 25.0 Å². The molecule has 3 heterocycles. The van der Waals surface area contributed by atoms with E-state index in [0.717, 1.165) is 29.9 Å². The summed E-state index contributed by atoms with van der Waals surface area (Å²) in [5, 5.41) is 0. The molecular formula is C21H22N4O3. The van der Waals surface area contributed by atoms with Crippen molar-refractivity contribution >= 4 is 5.91 Å². The topological polar surface area (TPSA) is 81.4 Å². The van der Waals surface area contributed by atoms with E-state index in [1.54, 1.807) is 25.6 Å². The minimum atomic E-state index is -0.0760. The molecular weight excluding hydrogens is 356 g/mol. The molecule has 28 heavy (non-hydrogen) atoms. The summed E-state index contributed by atoms with van der Waals surface area (Å²) in [6.45, 7) is 1.30. The van der Waals surface area contributed by atoms with E-state index in [0.29, 0.717) is 31.1 Å². The number of benzene rings is 1. The van der Waals surface area contributed by atoms with Crippen LogP contribution >= 0.6 is 0 Å². The summed E-state index contributed by atoms with van der Waals surface area (Å²) in [6.07, 6.45) is 7.22. The molecule has 7 heteroatoms. The highest BCUT2D eigenvalue weighted by Crippen LogP contribution is 2.29. The minimum Gasteiger partial charge on any atom is -0.496 e. The van der Waals surface area contributed by atoms with Gasteiger partial charge in [-0.3, -0.25) is 4.79 Å². The number of para-hydroxylation sites is 1. The lowest BCUT2D eigenvalue weighted by molar-refractivity contribution is 0.0691. The van der Waals surface area contributed by atoms with Crippen molar-refractivity contribution in [3.8, 4) is 5.75 Å². The molecule has 4 rings (SSSR count). The highest BCUT2D eigenvalue weighted by atomic mass is 16.5. The maximum absolute atomic E-state index is 12.7. The maximum atomic E-state index is 12.7. The van der Waals surface area contributed by atoms with Crippen LogP contribution in [0.25, 0.3) is 0 Å². The van der Waals surface area contributed by atoms with E-state index in [1.165, 1.54) is 6.33 Å². The third-order valence-corrected chi connectivity index (χ3v) is 4.99. The monoisotopic (exact) mass is 378 g/mol. The van der Waals surface area contributed by atoms with Gasteiger partial charge in [0.25, 0.3) is 5.91 Å². The van der Waals surface area contributed by atoms with Gasteiger partial charge in [0.2, 0.25) is 0 Å². The van der Waals surface area contributed by atoms with Gasteiger partial charge in [0.05, 0.1) is 19.2 Å². The first-order chi connectivity index (χ1) is 13.7. The Hall–Kier alpha value is -3.22. The van der Waals surface area contributed by atoms with Crippen LogP contribution in [0.1, 0.15) is 46.5 Å². The van der Waals surface area contributed by atoms with Gasteiger partial charge in [0.1, 0.15) is 23.5 Å². The van der Waals surface area contributed by atoms with Crippen LogP contribution < -0.4 is 4.74 Å². The summed E-state index contributed by atoms with van der Waals surface area (Å²) in [5.74, 6) is 2.32. The summed E-state index contributed by atoms with van der Waals surface area (Å²) in [5.41, 5.74) is 1.47. The first kappa shape index (κ1) is 18.2. The van der Waals surface area contributed by atoms with Crippen molar-refractivity contribution in [2.45, 2.75) is 25.2 Å². The van der Waals surface area contributed by atoms with Crippen molar-refractivity contribution < 1.29 is 13.9 Å². The lowest BCUT2D eigenvalue weighted by atomic mass is 9.97. The molecule has 0 spiro atoms. The van der Waals surface area contributed by atoms with E-state index in [9.17, 15) is 4.79 Å². The van der Waals surface area contributed by atoms with Crippen molar-refractivity contribution in [1.29, 1.82) is 0 Å². The smallest absolute Gasteiger partial charge is 0.272 e. The molecule has 2 aromatic heterocycles. The zero-order valence-electron chi connectivity index (χ0n) is 15.7. The van der Waals surface area contributed by atoms with Crippen LogP contribution in [0.5, 0.6) is 5.75 Å². The molecule has 1 aliphatic heterocycles. The van der Waals surface area contributed by atoms with Gasteiger partial charge in [-0.1, -0.05) is 18.2 Å². The Morgan fingerprint density at radius 1 is 1.29 bits per heavy atom. The number of piperidine rings is 1. The van der Waals surface area contributed by atoms with E-state index < -0.39 is 0 Å². The highest BCUT2D eigenvalue weighted by Gasteiger charge is 2.29. The Kier molecular flexibility index (Phi) is 5.32. The van der Waals surface area contributed by atoms with Crippen LogP contribution in [-0.4, -0.2) is 46.0 Å². The summed E-state index contributed by atoms with van der Waals surface area (Å²) in [4.78, 5) is 26.9. The molecule has 0 saturated carbocycles. The minimum absolute atomic E-state index is 0.0760. The van der Waals surface area contributed by atoms with Gasteiger partial charge in [-0.15, -0.1) is 0 Å². The van der Waals surface area contributed by atoms with Gasteiger partial charge in [0.15, 0.2) is 5.89 Å². The third kappa shape index (κ3) is 3.88. The first-order valence-electron chi connectivity index (χ1n) is 9.36. The number of hydrogen-bond acceptors (Lipinski definition) is 6. The fourth-order valence-electron chi connectivity index (χ4n) is 3.57. The standard InChI is InChI=1S/C21H22N4O3/c1-27-19-7-3-2-5-15(19)11-17-12-23-20(28-17)16-6-4-10-25(13-16)21(26)18-8-9-22-14-24-18/h2-3,5,7-9,12,14,16H,4,6,10-11,13H2,1H3. The van der Waals surface area contributed by atoms with E-state index in [2.05, 4.69) is 15.0 Å². The van der Waals surface area contributed by atoms with Crippen LogP contribution in [0, 0.1) is 0 Å². The number of carbonyl (C=O) groups excluding carboxylic acids is 1. The molecule has 1 saturated heterocycles. The van der Waals surface area contributed by atoms with Gasteiger partial charge < -0.3 is 14.1 Å². The summed E-state index contributed by atoms with van der Waals surface area (Å²) in [7, 11) is 1.66. The molecule has 0 aliphatic carbocycles. The molecule has 0 bridgehead atoms. The lowest BCUT2D eigenvalue weighted by Crippen LogP contribution is -2.39. The second kappa shape index (κ2) is 8.21. The van der Waals surface area contributed by atoms with Crippen molar-refractivity contribution in [1.82, 2.24) is 19.9 Å². The van der Waals surface area contributed by atoms with Gasteiger partial charge >= 0.3 is 0 Å². The van der Waals surface area contributed by atoms with Gasteiger partial charge in [-0.2, -0.15) is 0 Å². The average molecular weight is 378 g/mol. The summed E-state index contributed by atoms with van der Waals surface area (Å²) in [6, 6.07) is 9.52. The molecule has 1 aliphatic rings. The van der Waals surface area contributed by atoms with Crippen LogP contribution in [0.4, 0.5) is 0 Å². The molecule has 3 aromatic rings. The molecule has 1 aromatic carbocycles. The molecule has 0 N–H and O–H groups in total. The molecule has 1 fully saturated rings. The van der Waals surface area contributed by atoms with Crippen molar-refractivity contribution in [2.24, 2.45) is 0 Å². The third-order valence-electron chi connectivity index (χ3n) is 4.99. The van der Waals surface area contributed by atoms with Gasteiger partial charge in [0, 0.05) is 31.3 Å². The fraction of sp³-hybridized carbons (Fsp3) is 0.333. The van der Waals surface area contributed by atoms with Crippen molar-refractivity contribution in [3.05, 3.63) is 72.0 Å². The Balaban J connectivity index is 1.45. The Morgan fingerprint density at radius 3 is 3.00 bits per heavy atom. The Labute approximate surface area is 163 Å². The molecule has 1 unspecified atom stereocenters. The number of rotatable bonds is 5. The summed E-state index contributed by atoms with van der Waals surface area (Å²) < 4.78 is 11.4. The fourth-order valence-corrected chi connectivity index (χ4v) is 3.57.